The molecule has 1 aliphatic rings. The highest BCUT2D eigenvalue weighted by molar-refractivity contribution is 5.72. The Morgan fingerprint density at radius 1 is 1.15 bits per heavy atom. The molecule has 0 aromatic heterocycles. The number of rotatable bonds is 5. The minimum absolute atomic E-state index is 0.668. The van der Waals surface area contributed by atoms with Gasteiger partial charge in [0.2, 0.25) is 0 Å². The molecule has 0 amide bonds. The molecule has 1 aromatic rings. The largest absolute Gasteiger partial charge is 0.493 e. The summed E-state index contributed by atoms with van der Waals surface area (Å²) in [5.74, 6) is 2.90. The normalized spacial score (nSPS) is 22.4. The van der Waals surface area contributed by atoms with Crippen molar-refractivity contribution in [2.75, 3.05) is 31.8 Å². The molecule has 112 valence electrons. The molecule has 0 saturated heterocycles. The van der Waals surface area contributed by atoms with Crippen LogP contribution in [0.1, 0.15) is 32.6 Å². The fraction of sp³-hybridized carbons (Fsp3) is 0.625. The minimum atomic E-state index is 0.668. The van der Waals surface area contributed by atoms with E-state index in [9.17, 15) is 0 Å². The van der Waals surface area contributed by atoms with Crippen molar-refractivity contribution >= 4 is 11.4 Å². The lowest BCUT2D eigenvalue weighted by Gasteiger charge is -2.29. The molecular formula is C16H26N2O2. The van der Waals surface area contributed by atoms with Gasteiger partial charge in [-0.2, -0.15) is 0 Å². The first-order chi connectivity index (χ1) is 9.65. The van der Waals surface area contributed by atoms with Gasteiger partial charge in [-0.1, -0.05) is 26.2 Å². The van der Waals surface area contributed by atoms with E-state index in [4.69, 9.17) is 15.2 Å². The average Bonchev–Trinajstić information content (AvgIpc) is 2.47. The van der Waals surface area contributed by atoms with Crippen molar-refractivity contribution in [1.29, 1.82) is 0 Å². The van der Waals surface area contributed by atoms with Crippen LogP contribution in [0.3, 0.4) is 0 Å². The molecule has 0 heterocycles. The van der Waals surface area contributed by atoms with Gasteiger partial charge < -0.3 is 20.5 Å². The molecule has 1 saturated carbocycles. The lowest BCUT2D eigenvalue weighted by molar-refractivity contribution is 0.268. The number of nitrogens with two attached hydrogens (primary N) is 1. The molecule has 20 heavy (non-hydrogen) atoms. The second-order valence-electron chi connectivity index (χ2n) is 5.70. The van der Waals surface area contributed by atoms with Gasteiger partial charge in [0, 0.05) is 18.7 Å². The van der Waals surface area contributed by atoms with E-state index in [1.165, 1.54) is 25.7 Å². The Bertz CT molecular complexity index is 448. The molecule has 0 aliphatic heterocycles. The smallest absolute Gasteiger partial charge is 0.162 e. The van der Waals surface area contributed by atoms with Crippen molar-refractivity contribution in [3.63, 3.8) is 0 Å². The molecule has 3 N–H and O–H groups in total. The van der Waals surface area contributed by atoms with Gasteiger partial charge in [0.15, 0.2) is 11.5 Å². The fourth-order valence-corrected chi connectivity index (χ4v) is 2.99. The summed E-state index contributed by atoms with van der Waals surface area (Å²) < 4.78 is 10.6. The summed E-state index contributed by atoms with van der Waals surface area (Å²) in [6.45, 7) is 3.32. The maximum atomic E-state index is 6.07. The number of hydrogen-bond acceptors (Lipinski definition) is 4. The summed E-state index contributed by atoms with van der Waals surface area (Å²) in [6, 6.07) is 3.73. The molecule has 0 bridgehead atoms. The zero-order valence-corrected chi connectivity index (χ0v) is 12.7. The molecule has 1 aromatic carbocycles. The average molecular weight is 278 g/mol. The van der Waals surface area contributed by atoms with Gasteiger partial charge in [-0.3, -0.25) is 0 Å². The van der Waals surface area contributed by atoms with Crippen molar-refractivity contribution in [2.45, 2.75) is 32.6 Å². The van der Waals surface area contributed by atoms with E-state index in [2.05, 4.69) is 12.2 Å². The molecule has 4 nitrogen and oxygen atoms in total. The highest BCUT2D eigenvalue weighted by Gasteiger charge is 2.21. The molecular weight excluding hydrogens is 252 g/mol. The summed E-state index contributed by atoms with van der Waals surface area (Å²) in [6.07, 6.45) is 5.36. The lowest BCUT2D eigenvalue weighted by Crippen LogP contribution is -2.24. The van der Waals surface area contributed by atoms with Crippen LogP contribution in [0.4, 0.5) is 11.4 Å². The first kappa shape index (κ1) is 14.8. The maximum Gasteiger partial charge on any atom is 0.162 e. The van der Waals surface area contributed by atoms with Crippen LogP contribution in [0.15, 0.2) is 12.1 Å². The Labute approximate surface area is 121 Å². The minimum Gasteiger partial charge on any atom is -0.493 e. The summed E-state index contributed by atoms with van der Waals surface area (Å²) >= 11 is 0. The van der Waals surface area contributed by atoms with Crippen LogP contribution < -0.4 is 20.5 Å². The third-order valence-corrected chi connectivity index (χ3v) is 4.40. The topological polar surface area (TPSA) is 56.5 Å². The molecule has 0 spiro atoms. The van der Waals surface area contributed by atoms with Gasteiger partial charge in [-0.15, -0.1) is 0 Å². The summed E-state index contributed by atoms with van der Waals surface area (Å²) in [5.41, 5.74) is 7.70. The zero-order valence-electron chi connectivity index (χ0n) is 12.7. The van der Waals surface area contributed by atoms with Crippen molar-refractivity contribution in [3.05, 3.63) is 12.1 Å². The van der Waals surface area contributed by atoms with Crippen molar-refractivity contribution in [2.24, 2.45) is 11.8 Å². The van der Waals surface area contributed by atoms with E-state index in [1.54, 1.807) is 14.2 Å². The third-order valence-electron chi connectivity index (χ3n) is 4.40. The van der Waals surface area contributed by atoms with Crippen LogP contribution in [0.25, 0.3) is 0 Å². The van der Waals surface area contributed by atoms with Gasteiger partial charge >= 0.3 is 0 Å². The monoisotopic (exact) mass is 278 g/mol. The SMILES string of the molecule is COc1cc(N)c(NCC2CCCCC2C)cc1OC. The lowest BCUT2D eigenvalue weighted by atomic mass is 9.80. The standard InChI is InChI=1S/C16H26N2O2/c1-11-6-4-5-7-12(11)10-18-14-9-16(20-3)15(19-2)8-13(14)17/h8-9,11-12,18H,4-7,10,17H2,1-3H3. The molecule has 4 heteroatoms. The molecule has 0 radical (unpaired) electrons. The Morgan fingerprint density at radius 3 is 2.45 bits per heavy atom. The predicted molar refractivity (Wildman–Crippen MR) is 83.6 cm³/mol. The Balaban J connectivity index is 2.05. The molecule has 1 fully saturated rings. The number of methoxy groups -OCH3 is 2. The van der Waals surface area contributed by atoms with E-state index in [-0.39, 0.29) is 0 Å². The van der Waals surface area contributed by atoms with Gasteiger partial charge in [0.25, 0.3) is 0 Å². The summed E-state index contributed by atoms with van der Waals surface area (Å²) in [4.78, 5) is 0. The van der Waals surface area contributed by atoms with E-state index >= 15 is 0 Å². The maximum absolute atomic E-state index is 6.07. The van der Waals surface area contributed by atoms with Crippen LogP contribution in [0, 0.1) is 11.8 Å². The van der Waals surface area contributed by atoms with Gasteiger partial charge in [-0.25, -0.2) is 0 Å². The first-order valence-electron chi connectivity index (χ1n) is 7.41. The van der Waals surface area contributed by atoms with E-state index in [0.717, 1.165) is 24.1 Å². The second kappa shape index (κ2) is 6.73. The van der Waals surface area contributed by atoms with Gasteiger partial charge in [0.1, 0.15) is 0 Å². The highest BCUT2D eigenvalue weighted by atomic mass is 16.5. The molecule has 2 unspecified atom stereocenters. The van der Waals surface area contributed by atoms with Crippen molar-refractivity contribution < 1.29 is 9.47 Å². The van der Waals surface area contributed by atoms with Gasteiger partial charge in [-0.05, 0) is 18.3 Å². The second-order valence-corrected chi connectivity index (χ2v) is 5.70. The first-order valence-corrected chi connectivity index (χ1v) is 7.41. The number of nitrogens with one attached hydrogen (secondary N) is 1. The van der Waals surface area contributed by atoms with Crippen molar-refractivity contribution in [1.82, 2.24) is 0 Å². The summed E-state index contributed by atoms with van der Waals surface area (Å²) in [7, 11) is 3.26. The van der Waals surface area contributed by atoms with Crippen LogP contribution >= 0.6 is 0 Å². The third kappa shape index (κ3) is 3.30. The fourth-order valence-electron chi connectivity index (χ4n) is 2.99. The zero-order chi connectivity index (χ0) is 14.5. The Hall–Kier alpha value is -1.58. The van der Waals surface area contributed by atoms with Gasteiger partial charge in [0.05, 0.1) is 25.6 Å². The van der Waals surface area contributed by atoms with E-state index < -0.39 is 0 Å². The number of benzene rings is 1. The predicted octanol–water partition coefficient (Wildman–Crippen LogP) is 3.52. The Morgan fingerprint density at radius 2 is 1.80 bits per heavy atom. The molecule has 2 atom stereocenters. The van der Waals surface area contributed by atoms with Crippen LogP contribution in [0.5, 0.6) is 11.5 Å². The van der Waals surface area contributed by atoms with Crippen LogP contribution in [-0.4, -0.2) is 20.8 Å². The van der Waals surface area contributed by atoms with E-state index in [0.29, 0.717) is 17.2 Å². The van der Waals surface area contributed by atoms with Crippen LogP contribution in [-0.2, 0) is 0 Å². The number of hydrogen-bond donors (Lipinski definition) is 2. The molecule has 2 rings (SSSR count). The number of nitrogen functional groups attached to an aromatic ring is 1. The number of ether oxygens (including phenoxy) is 2. The van der Waals surface area contributed by atoms with Crippen LogP contribution in [0.2, 0.25) is 0 Å². The quantitative estimate of drug-likeness (QED) is 0.809. The van der Waals surface area contributed by atoms with Crippen molar-refractivity contribution in [3.8, 4) is 11.5 Å². The Kier molecular flexibility index (Phi) is 4.99. The molecule has 1 aliphatic carbocycles. The van der Waals surface area contributed by atoms with E-state index in [1.807, 2.05) is 12.1 Å². The number of anilines is 2. The highest BCUT2D eigenvalue weighted by Crippen LogP contribution is 2.36. The summed E-state index contributed by atoms with van der Waals surface area (Å²) in [5, 5.41) is 3.48.